The van der Waals surface area contributed by atoms with Gasteiger partial charge < -0.3 is 19.5 Å². The number of ether oxygens (including phenoxy) is 3. The van der Waals surface area contributed by atoms with E-state index in [0.717, 1.165) is 27.8 Å². The number of nitrogens with one attached hydrogen (secondary N) is 2. The number of anilines is 2. The Kier molecular flexibility index (Phi) is 9.62. The van der Waals surface area contributed by atoms with Crippen LogP contribution in [0.15, 0.2) is 89.8 Å². The highest BCUT2D eigenvalue weighted by molar-refractivity contribution is 7.89. The molecule has 2 N–H and O–H groups in total. The zero-order valence-corrected chi connectivity index (χ0v) is 26.1. The van der Waals surface area contributed by atoms with Crippen LogP contribution in [-0.4, -0.2) is 45.5 Å². The van der Waals surface area contributed by atoms with Crippen LogP contribution in [0.2, 0.25) is 0 Å². The van der Waals surface area contributed by atoms with Gasteiger partial charge in [0.1, 0.15) is 11.4 Å². The van der Waals surface area contributed by atoms with Gasteiger partial charge in [-0.2, -0.15) is 0 Å². The zero-order valence-electron chi connectivity index (χ0n) is 25.3. The average Bonchev–Trinajstić information content (AvgIpc) is 3.03. The Bertz CT molecular complexity index is 1860. The van der Waals surface area contributed by atoms with Crippen molar-refractivity contribution in [1.29, 1.82) is 0 Å². The Morgan fingerprint density at radius 2 is 1.52 bits per heavy atom. The summed E-state index contributed by atoms with van der Waals surface area (Å²) in [6, 6.07) is 26.3. The first-order valence-corrected chi connectivity index (χ1v) is 16.0. The monoisotopic (exact) mass is 612 g/mol. The number of hydrogen-bond donors (Lipinski definition) is 2. The lowest BCUT2D eigenvalue weighted by molar-refractivity contribution is 0.287. The molecule has 44 heavy (non-hydrogen) atoms. The average molecular weight is 613 g/mol. The Hall–Kier alpha value is -4.67. The van der Waals surface area contributed by atoms with E-state index in [1.807, 2.05) is 86.6 Å². The van der Waals surface area contributed by atoms with Crippen molar-refractivity contribution in [2.24, 2.45) is 0 Å². The first-order valence-electron chi connectivity index (χ1n) is 14.5. The molecule has 0 aliphatic heterocycles. The number of aromatic nitrogens is 2. The third-order valence-corrected chi connectivity index (χ3v) is 8.71. The molecule has 4 aromatic carbocycles. The summed E-state index contributed by atoms with van der Waals surface area (Å²) in [7, 11) is -2.19. The molecule has 0 bridgehead atoms. The number of rotatable bonds is 13. The van der Waals surface area contributed by atoms with E-state index >= 15 is 0 Å². The van der Waals surface area contributed by atoms with E-state index in [9.17, 15) is 8.42 Å². The predicted molar refractivity (Wildman–Crippen MR) is 174 cm³/mol. The Balaban J connectivity index is 1.38. The van der Waals surface area contributed by atoms with Crippen molar-refractivity contribution in [1.82, 2.24) is 14.9 Å². The van der Waals surface area contributed by atoms with Crippen molar-refractivity contribution in [3.8, 4) is 28.5 Å². The molecule has 0 spiro atoms. The van der Waals surface area contributed by atoms with E-state index in [1.165, 1.54) is 0 Å². The quantitative estimate of drug-likeness (QED) is 0.152. The third kappa shape index (κ3) is 6.93. The fourth-order valence-corrected chi connectivity index (χ4v) is 6.22. The normalized spacial score (nSPS) is 11.4. The lowest BCUT2D eigenvalue weighted by Crippen LogP contribution is -2.26. The van der Waals surface area contributed by atoms with Gasteiger partial charge in [0.2, 0.25) is 10.0 Å². The molecule has 0 aliphatic rings. The number of nitrogens with zero attached hydrogens (tertiary/aromatic N) is 2. The number of hydrogen-bond acceptors (Lipinski definition) is 8. The molecule has 9 nitrogen and oxygen atoms in total. The van der Waals surface area contributed by atoms with Crippen molar-refractivity contribution < 1.29 is 22.6 Å². The van der Waals surface area contributed by atoms with Gasteiger partial charge in [-0.15, -0.1) is 10.2 Å². The molecular formula is C34H36N4O5S. The Morgan fingerprint density at radius 1 is 0.795 bits per heavy atom. The van der Waals surface area contributed by atoms with Crippen molar-refractivity contribution >= 4 is 32.3 Å². The molecule has 10 heteroatoms. The zero-order chi connectivity index (χ0) is 31.1. The van der Waals surface area contributed by atoms with E-state index in [1.54, 1.807) is 26.2 Å². The third-order valence-electron chi connectivity index (χ3n) is 7.10. The molecule has 1 heterocycles. The SMILES string of the molecule is CCOc1ccc(CCNS(=O)(=O)c2cc(-c3nnc(Nc4ccc(OC)cc4)c4ccccc34)ccc2C)cc1OCC. The van der Waals surface area contributed by atoms with Crippen molar-refractivity contribution in [2.75, 3.05) is 32.2 Å². The number of methoxy groups -OCH3 is 1. The second-order valence-corrected chi connectivity index (χ2v) is 11.8. The molecule has 0 saturated carbocycles. The first kappa shape index (κ1) is 30.8. The fraction of sp³-hybridized carbons (Fsp3) is 0.235. The maximum atomic E-state index is 13.5. The molecule has 0 radical (unpaired) electrons. The summed E-state index contributed by atoms with van der Waals surface area (Å²) in [6.07, 6.45) is 0.489. The summed E-state index contributed by atoms with van der Waals surface area (Å²) in [5, 5.41) is 14.0. The van der Waals surface area contributed by atoms with Crippen molar-refractivity contribution in [2.45, 2.75) is 32.1 Å². The maximum absolute atomic E-state index is 13.5. The molecule has 0 unspecified atom stereocenters. The minimum atomic E-state index is -3.81. The topological polar surface area (TPSA) is 112 Å². The van der Waals surface area contributed by atoms with E-state index < -0.39 is 10.0 Å². The predicted octanol–water partition coefficient (Wildman–Crippen LogP) is 6.68. The van der Waals surface area contributed by atoms with E-state index in [2.05, 4.69) is 20.2 Å². The molecule has 228 valence electrons. The molecule has 5 rings (SSSR count). The number of benzene rings is 4. The summed E-state index contributed by atoms with van der Waals surface area (Å²) in [5.41, 5.74) is 3.66. The number of sulfonamides is 1. The van der Waals surface area contributed by atoms with Gasteiger partial charge in [-0.3, -0.25) is 0 Å². The van der Waals surface area contributed by atoms with Crippen LogP contribution in [-0.2, 0) is 16.4 Å². The summed E-state index contributed by atoms with van der Waals surface area (Å²) in [4.78, 5) is 0.197. The minimum absolute atomic E-state index is 0.197. The van der Waals surface area contributed by atoms with Gasteiger partial charge >= 0.3 is 0 Å². The van der Waals surface area contributed by atoms with Crippen LogP contribution in [0.4, 0.5) is 11.5 Å². The highest BCUT2D eigenvalue weighted by Crippen LogP contribution is 2.33. The van der Waals surface area contributed by atoms with Crippen LogP contribution in [0.5, 0.6) is 17.2 Å². The van der Waals surface area contributed by atoms with Gasteiger partial charge in [-0.1, -0.05) is 42.5 Å². The summed E-state index contributed by atoms with van der Waals surface area (Å²) in [6.45, 7) is 6.87. The molecule has 0 saturated heterocycles. The van der Waals surface area contributed by atoms with Crippen LogP contribution in [0.3, 0.4) is 0 Å². The molecule has 0 fully saturated rings. The molecule has 5 aromatic rings. The van der Waals surface area contributed by atoms with Crippen molar-refractivity contribution in [3.05, 3.63) is 96.1 Å². The molecule has 0 aliphatic carbocycles. The Labute approximate surface area is 258 Å². The summed E-state index contributed by atoms with van der Waals surface area (Å²) < 4.78 is 46.3. The first-order chi connectivity index (χ1) is 21.3. The number of fused-ring (bicyclic) bond motifs is 1. The molecular weight excluding hydrogens is 576 g/mol. The van der Waals surface area contributed by atoms with Gasteiger partial charge in [0.25, 0.3) is 0 Å². The van der Waals surface area contributed by atoms with Crippen LogP contribution < -0.4 is 24.2 Å². The van der Waals surface area contributed by atoms with E-state index in [4.69, 9.17) is 14.2 Å². The van der Waals surface area contributed by atoms with Gasteiger partial charge in [-0.05, 0) is 80.8 Å². The highest BCUT2D eigenvalue weighted by Gasteiger charge is 2.20. The van der Waals surface area contributed by atoms with Gasteiger partial charge in [0.15, 0.2) is 17.3 Å². The molecule has 0 atom stereocenters. The lowest BCUT2D eigenvalue weighted by Gasteiger charge is -2.14. The lowest BCUT2D eigenvalue weighted by atomic mass is 10.0. The Morgan fingerprint density at radius 3 is 2.25 bits per heavy atom. The van der Waals surface area contributed by atoms with E-state index in [-0.39, 0.29) is 11.4 Å². The highest BCUT2D eigenvalue weighted by atomic mass is 32.2. The van der Waals surface area contributed by atoms with Crippen molar-refractivity contribution in [3.63, 3.8) is 0 Å². The maximum Gasteiger partial charge on any atom is 0.240 e. The summed E-state index contributed by atoms with van der Waals surface area (Å²) in [5.74, 6) is 2.68. The van der Waals surface area contributed by atoms with Crippen LogP contribution in [0, 0.1) is 6.92 Å². The van der Waals surface area contributed by atoms with Gasteiger partial charge in [0, 0.05) is 28.6 Å². The fourth-order valence-electron chi connectivity index (χ4n) is 4.92. The second kappa shape index (κ2) is 13.7. The number of aryl methyl sites for hydroxylation is 1. The standard InChI is InChI=1S/C34H36N4O5S/c1-5-42-30-18-12-24(21-31(30)43-6-2)19-20-35-44(39,40)32-22-25(13-11-23(32)3)33-28-9-7-8-10-29(28)34(38-37-33)36-26-14-16-27(41-4)17-15-26/h7-18,21-22,35H,5-6,19-20H2,1-4H3,(H,36,38). The second-order valence-electron chi connectivity index (χ2n) is 10.1. The van der Waals surface area contributed by atoms with Crippen LogP contribution in [0.25, 0.3) is 22.0 Å². The van der Waals surface area contributed by atoms with Gasteiger partial charge in [0.05, 0.1) is 25.2 Å². The molecule has 0 amide bonds. The molecule has 1 aromatic heterocycles. The van der Waals surface area contributed by atoms with Crippen LogP contribution in [0.1, 0.15) is 25.0 Å². The minimum Gasteiger partial charge on any atom is -0.497 e. The largest absolute Gasteiger partial charge is 0.497 e. The van der Waals surface area contributed by atoms with Crippen LogP contribution >= 0.6 is 0 Å². The smallest absolute Gasteiger partial charge is 0.240 e. The van der Waals surface area contributed by atoms with Gasteiger partial charge in [-0.25, -0.2) is 13.1 Å². The van der Waals surface area contributed by atoms with E-state index in [0.29, 0.717) is 53.8 Å². The summed E-state index contributed by atoms with van der Waals surface area (Å²) >= 11 is 0.